The summed E-state index contributed by atoms with van der Waals surface area (Å²) in [7, 11) is 1.29. The SMILES string of the molecule is COc1c(F)ccc(C=O)c1Cl. The van der Waals surface area contributed by atoms with E-state index in [9.17, 15) is 9.18 Å². The van der Waals surface area contributed by atoms with E-state index in [-0.39, 0.29) is 16.3 Å². The minimum Gasteiger partial charge on any atom is -0.492 e. The Morgan fingerprint density at radius 1 is 1.58 bits per heavy atom. The van der Waals surface area contributed by atoms with Crippen molar-refractivity contribution in [3.05, 3.63) is 28.5 Å². The summed E-state index contributed by atoms with van der Waals surface area (Å²) < 4.78 is 17.5. The summed E-state index contributed by atoms with van der Waals surface area (Å²) in [5, 5.41) is 0.00694. The zero-order chi connectivity index (χ0) is 9.14. The van der Waals surface area contributed by atoms with Gasteiger partial charge in [0.2, 0.25) is 0 Å². The third-order valence-electron chi connectivity index (χ3n) is 1.41. The number of aldehydes is 1. The number of methoxy groups -OCH3 is 1. The molecule has 0 aliphatic heterocycles. The van der Waals surface area contributed by atoms with Crippen molar-refractivity contribution in [2.24, 2.45) is 0 Å². The molecule has 0 atom stereocenters. The summed E-state index contributed by atoms with van der Waals surface area (Å²) in [6, 6.07) is 2.43. The molecule has 1 aromatic carbocycles. The molecule has 0 saturated heterocycles. The van der Waals surface area contributed by atoms with E-state index in [0.717, 1.165) is 6.07 Å². The van der Waals surface area contributed by atoms with E-state index >= 15 is 0 Å². The molecule has 0 amide bonds. The van der Waals surface area contributed by atoms with E-state index in [0.29, 0.717) is 6.29 Å². The molecule has 0 aliphatic carbocycles. The van der Waals surface area contributed by atoms with Gasteiger partial charge in [-0.15, -0.1) is 0 Å². The minimum atomic E-state index is -0.576. The van der Waals surface area contributed by atoms with E-state index in [1.807, 2.05) is 0 Å². The Kier molecular flexibility index (Phi) is 2.65. The molecule has 2 nitrogen and oxygen atoms in total. The molecule has 0 spiro atoms. The van der Waals surface area contributed by atoms with Crippen LogP contribution >= 0.6 is 11.6 Å². The zero-order valence-corrected chi connectivity index (χ0v) is 7.06. The van der Waals surface area contributed by atoms with Crippen LogP contribution in [0.25, 0.3) is 0 Å². The summed E-state index contributed by atoms with van der Waals surface area (Å²) in [5.41, 5.74) is 0.218. The van der Waals surface area contributed by atoms with Crippen molar-refractivity contribution in [3.8, 4) is 5.75 Å². The highest BCUT2D eigenvalue weighted by Gasteiger charge is 2.10. The van der Waals surface area contributed by atoms with Gasteiger partial charge < -0.3 is 4.74 Å². The molecule has 0 saturated carbocycles. The molecule has 0 aliphatic rings. The maximum atomic E-state index is 12.8. The molecule has 0 bridgehead atoms. The second kappa shape index (κ2) is 3.54. The molecule has 0 fully saturated rings. The fourth-order valence-electron chi connectivity index (χ4n) is 0.826. The first-order valence-electron chi connectivity index (χ1n) is 3.18. The molecule has 1 aromatic rings. The number of halogens is 2. The summed E-state index contributed by atoms with van der Waals surface area (Å²) in [4.78, 5) is 10.3. The summed E-state index contributed by atoms with van der Waals surface area (Å²) in [5.74, 6) is -0.672. The van der Waals surface area contributed by atoms with Crippen molar-refractivity contribution in [1.29, 1.82) is 0 Å². The lowest BCUT2D eigenvalue weighted by molar-refractivity contribution is 0.112. The Hall–Kier alpha value is -1.09. The molecular weight excluding hydrogens is 183 g/mol. The van der Waals surface area contributed by atoms with E-state index in [4.69, 9.17) is 11.6 Å². The number of benzene rings is 1. The van der Waals surface area contributed by atoms with E-state index < -0.39 is 5.82 Å². The van der Waals surface area contributed by atoms with Crippen LogP contribution in [-0.2, 0) is 0 Å². The molecule has 64 valence electrons. The van der Waals surface area contributed by atoms with Crippen molar-refractivity contribution < 1.29 is 13.9 Å². The number of hydrogen-bond acceptors (Lipinski definition) is 2. The Labute approximate surface area is 73.9 Å². The first-order valence-corrected chi connectivity index (χ1v) is 3.55. The van der Waals surface area contributed by atoms with Crippen molar-refractivity contribution in [2.75, 3.05) is 7.11 Å². The third-order valence-corrected chi connectivity index (χ3v) is 1.80. The Morgan fingerprint density at radius 2 is 2.25 bits per heavy atom. The highest BCUT2D eigenvalue weighted by Crippen LogP contribution is 2.29. The van der Waals surface area contributed by atoms with Crippen LogP contribution in [0.1, 0.15) is 10.4 Å². The lowest BCUT2D eigenvalue weighted by Gasteiger charge is -2.04. The van der Waals surface area contributed by atoms with E-state index in [2.05, 4.69) is 4.74 Å². The van der Waals surface area contributed by atoms with Crippen LogP contribution in [0.2, 0.25) is 5.02 Å². The molecule has 0 heterocycles. The lowest BCUT2D eigenvalue weighted by atomic mass is 10.2. The summed E-state index contributed by atoms with van der Waals surface area (Å²) in [6.07, 6.45) is 0.546. The largest absolute Gasteiger partial charge is 0.492 e. The Bertz CT molecular complexity index is 312. The zero-order valence-electron chi connectivity index (χ0n) is 6.30. The highest BCUT2D eigenvalue weighted by atomic mass is 35.5. The van der Waals surface area contributed by atoms with Gasteiger partial charge in [-0.25, -0.2) is 4.39 Å². The maximum absolute atomic E-state index is 12.8. The van der Waals surface area contributed by atoms with Gasteiger partial charge in [-0.2, -0.15) is 0 Å². The standard InChI is InChI=1S/C8H6ClFO2/c1-12-8-6(10)3-2-5(4-11)7(8)9/h2-4H,1H3. The molecular formula is C8H6ClFO2. The van der Waals surface area contributed by atoms with Crippen LogP contribution < -0.4 is 4.74 Å². The summed E-state index contributed by atoms with van der Waals surface area (Å²) >= 11 is 5.62. The number of carbonyl (C=O) groups is 1. The smallest absolute Gasteiger partial charge is 0.173 e. The number of carbonyl (C=O) groups excluding carboxylic acids is 1. The lowest BCUT2D eigenvalue weighted by Crippen LogP contribution is -1.92. The van der Waals surface area contributed by atoms with Crippen molar-refractivity contribution in [3.63, 3.8) is 0 Å². The normalized spacial score (nSPS) is 9.58. The fraction of sp³-hybridized carbons (Fsp3) is 0.125. The third kappa shape index (κ3) is 1.41. The topological polar surface area (TPSA) is 26.3 Å². The molecule has 1 rings (SSSR count). The molecule has 12 heavy (non-hydrogen) atoms. The van der Waals surface area contributed by atoms with Crippen molar-refractivity contribution in [1.82, 2.24) is 0 Å². The summed E-state index contributed by atoms with van der Waals surface area (Å²) in [6.45, 7) is 0. The van der Waals surface area contributed by atoms with Gasteiger partial charge in [-0.1, -0.05) is 11.6 Å². The van der Waals surface area contributed by atoms with Gasteiger partial charge in [0.05, 0.1) is 12.1 Å². The molecule has 0 N–H and O–H groups in total. The van der Waals surface area contributed by atoms with Crippen molar-refractivity contribution in [2.45, 2.75) is 0 Å². The van der Waals surface area contributed by atoms with Gasteiger partial charge in [-0.05, 0) is 12.1 Å². The predicted octanol–water partition coefficient (Wildman–Crippen LogP) is 2.30. The van der Waals surface area contributed by atoms with Gasteiger partial charge >= 0.3 is 0 Å². The predicted molar refractivity (Wildman–Crippen MR) is 43.3 cm³/mol. The van der Waals surface area contributed by atoms with Crippen LogP contribution in [0.3, 0.4) is 0 Å². The number of rotatable bonds is 2. The average Bonchev–Trinajstić information content (AvgIpc) is 2.06. The Morgan fingerprint density at radius 3 is 2.75 bits per heavy atom. The number of ether oxygens (including phenoxy) is 1. The van der Waals surface area contributed by atoms with Crippen molar-refractivity contribution >= 4 is 17.9 Å². The molecule has 0 aromatic heterocycles. The first kappa shape index (κ1) is 9.00. The average molecular weight is 189 g/mol. The van der Waals surface area contributed by atoms with E-state index in [1.54, 1.807) is 0 Å². The quantitative estimate of drug-likeness (QED) is 0.666. The van der Waals surface area contributed by atoms with Gasteiger partial charge in [0, 0.05) is 5.56 Å². The Balaban J connectivity index is 3.33. The second-order valence-electron chi connectivity index (χ2n) is 2.10. The van der Waals surface area contributed by atoms with Crippen LogP contribution in [-0.4, -0.2) is 13.4 Å². The molecule has 0 unspecified atom stereocenters. The number of hydrogen-bond donors (Lipinski definition) is 0. The van der Waals surface area contributed by atoms with Gasteiger partial charge in [0.15, 0.2) is 17.9 Å². The van der Waals surface area contributed by atoms with Gasteiger partial charge in [0.25, 0.3) is 0 Å². The second-order valence-corrected chi connectivity index (χ2v) is 2.48. The highest BCUT2D eigenvalue weighted by molar-refractivity contribution is 6.34. The maximum Gasteiger partial charge on any atom is 0.173 e. The fourth-order valence-corrected chi connectivity index (χ4v) is 1.10. The molecule has 4 heteroatoms. The molecule has 0 radical (unpaired) electrons. The van der Waals surface area contributed by atoms with Crippen LogP contribution in [0, 0.1) is 5.82 Å². The minimum absolute atomic E-state index is 0.00694. The first-order chi connectivity index (χ1) is 5.70. The van der Waals surface area contributed by atoms with Gasteiger partial charge in [-0.3, -0.25) is 4.79 Å². The van der Waals surface area contributed by atoms with Crippen LogP contribution in [0.5, 0.6) is 5.75 Å². The van der Waals surface area contributed by atoms with E-state index in [1.165, 1.54) is 13.2 Å². The van der Waals surface area contributed by atoms with Crippen LogP contribution in [0.15, 0.2) is 12.1 Å². The monoisotopic (exact) mass is 188 g/mol. The van der Waals surface area contributed by atoms with Gasteiger partial charge in [0.1, 0.15) is 0 Å². The van der Waals surface area contributed by atoms with Crippen LogP contribution in [0.4, 0.5) is 4.39 Å².